The molecule has 4 aromatic rings. The fourth-order valence-corrected chi connectivity index (χ4v) is 9.80. The second kappa shape index (κ2) is 9.99. The summed E-state index contributed by atoms with van der Waals surface area (Å²) < 4.78 is 8.64. The Labute approximate surface area is 264 Å². The first-order valence-corrected chi connectivity index (χ1v) is 16.7. The molecule has 7 rings (SSSR count). The van der Waals surface area contributed by atoms with E-state index in [1.165, 1.54) is 80.9 Å². The molecule has 3 heteroatoms. The van der Waals surface area contributed by atoms with Gasteiger partial charge < -0.3 is 9.84 Å². The highest BCUT2D eigenvalue weighted by Crippen LogP contribution is 2.60. The minimum Gasteiger partial charge on any atom is -0.392 e. The standard InChI is InChI=1S/C41H50NO2/c1-26-14-13-17-34-36(26)27(23-39(5)18-11-12-19-39)20-35-32-22-33(38(2,3)4)30-15-9-10-16-31(30)37(32)40(6)28(24-43)21-29(25-44-8)41(40,7)42(34)35/h9-10,13-17,20-22,29,43H,11-12,18-19,23-25H2,1-8H3/q+1. The molecule has 44 heavy (non-hydrogen) atoms. The van der Waals surface area contributed by atoms with Crippen molar-refractivity contribution in [1.29, 1.82) is 0 Å². The lowest BCUT2D eigenvalue weighted by Crippen LogP contribution is -2.70. The summed E-state index contributed by atoms with van der Waals surface area (Å²) in [6, 6.07) is 21.0. The molecule has 1 aliphatic heterocycles. The van der Waals surface area contributed by atoms with E-state index in [4.69, 9.17) is 4.74 Å². The summed E-state index contributed by atoms with van der Waals surface area (Å²) in [5.74, 6) is 0.0968. The maximum atomic E-state index is 11.1. The predicted octanol–water partition coefficient (Wildman–Crippen LogP) is 8.86. The zero-order valence-corrected chi connectivity index (χ0v) is 28.1. The van der Waals surface area contributed by atoms with Gasteiger partial charge in [0.25, 0.3) is 0 Å². The van der Waals surface area contributed by atoms with Crippen LogP contribution < -0.4 is 4.57 Å². The first-order valence-electron chi connectivity index (χ1n) is 16.7. The number of nitrogens with zero attached hydrogens (tertiary/aromatic N) is 1. The maximum Gasteiger partial charge on any atom is 0.214 e. The highest BCUT2D eigenvalue weighted by atomic mass is 16.5. The van der Waals surface area contributed by atoms with E-state index >= 15 is 0 Å². The monoisotopic (exact) mass is 588 g/mol. The number of hydrogen-bond acceptors (Lipinski definition) is 2. The Kier molecular flexibility index (Phi) is 6.74. The van der Waals surface area contributed by atoms with Gasteiger partial charge in [0, 0.05) is 26.2 Å². The van der Waals surface area contributed by atoms with E-state index < -0.39 is 11.0 Å². The third kappa shape index (κ3) is 3.91. The van der Waals surface area contributed by atoms with Crippen LogP contribution in [0.3, 0.4) is 0 Å². The topological polar surface area (TPSA) is 33.3 Å². The summed E-state index contributed by atoms with van der Waals surface area (Å²) in [5.41, 5.74) is 10.0. The van der Waals surface area contributed by atoms with Gasteiger partial charge in [-0.1, -0.05) is 83.0 Å². The second-order valence-electron chi connectivity index (χ2n) is 15.9. The average Bonchev–Trinajstić information content (AvgIpc) is 3.50. The average molecular weight is 589 g/mol. The smallest absolute Gasteiger partial charge is 0.214 e. The number of methoxy groups -OCH3 is 1. The number of ether oxygens (including phenoxy) is 1. The lowest BCUT2D eigenvalue weighted by molar-refractivity contribution is -0.745. The second-order valence-corrected chi connectivity index (χ2v) is 15.9. The van der Waals surface area contributed by atoms with Crippen molar-refractivity contribution in [1.82, 2.24) is 0 Å². The first kappa shape index (κ1) is 29.7. The van der Waals surface area contributed by atoms with Crippen LogP contribution >= 0.6 is 0 Å². The van der Waals surface area contributed by atoms with Crippen LogP contribution in [0.4, 0.5) is 0 Å². The molecule has 0 spiro atoms. The molecule has 0 amide bonds. The molecule has 230 valence electrons. The number of rotatable bonds is 5. The van der Waals surface area contributed by atoms with Crippen LogP contribution in [0.1, 0.15) is 89.5 Å². The predicted molar refractivity (Wildman–Crippen MR) is 182 cm³/mol. The Morgan fingerprint density at radius 3 is 2.32 bits per heavy atom. The van der Waals surface area contributed by atoms with Crippen molar-refractivity contribution < 1.29 is 14.4 Å². The molecule has 3 aliphatic rings. The lowest BCUT2D eigenvalue weighted by atomic mass is 9.58. The fraction of sp³-hybridized carbons (Fsp3) is 0.488. The SMILES string of the molecule is COCC1C=C(CO)C2(C)c3c(cc(C(C)(C)C)c4ccccc34)-c3cc(CC4(C)CCCC4)c4c(C)cccc4[n+]3C12C. The van der Waals surface area contributed by atoms with Gasteiger partial charge in [0.05, 0.1) is 35.5 Å². The summed E-state index contributed by atoms with van der Waals surface area (Å²) >= 11 is 0. The van der Waals surface area contributed by atoms with E-state index in [9.17, 15) is 5.11 Å². The van der Waals surface area contributed by atoms with Crippen molar-refractivity contribution >= 4 is 21.7 Å². The molecular formula is C41H50NO2+. The minimum atomic E-state index is -0.441. The van der Waals surface area contributed by atoms with Crippen molar-refractivity contribution in [3.05, 3.63) is 88.5 Å². The summed E-state index contributed by atoms with van der Waals surface area (Å²) in [5, 5.41) is 15.1. The quantitative estimate of drug-likeness (QED) is 0.187. The van der Waals surface area contributed by atoms with Crippen LogP contribution in [0.5, 0.6) is 0 Å². The Morgan fingerprint density at radius 2 is 1.66 bits per heavy atom. The van der Waals surface area contributed by atoms with Gasteiger partial charge in [0.2, 0.25) is 11.2 Å². The van der Waals surface area contributed by atoms with Gasteiger partial charge in [-0.15, -0.1) is 0 Å². The number of benzene rings is 3. The van der Waals surface area contributed by atoms with Crippen LogP contribution in [-0.2, 0) is 27.5 Å². The molecular weight excluding hydrogens is 538 g/mol. The number of aliphatic hydroxyl groups is 1. The van der Waals surface area contributed by atoms with Crippen LogP contribution in [0, 0.1) is 18.3 Å². The fourth-order valence-electron chi connectivity index (χ4n) is 9.80. The van der Waals surface area contributed by atoms with Gasteiger partial charge in [0.1, 0.15) is 0 Å². The van der Waals surface area contributed by atoms with Crippen LogP contribution in [0.2, 0.25) is 0 Å². The maximum absolute atomic E-state index is 11.1. The zero-order valence-electron chi connectivity index (χ0n) is 28.1. The molecule has 1 fully saturated rings. The van der Waals surface area contributed by atoms with Gasteiger partial charge in [-0.3, -0.25) is 0 Å². The van der Waals surface area contributed by atoms with Crippen molar-refractivity contribution in [3.63, 3.8) is 0 Å². The van der Waals surface area contributed by atoms with Gasteiger partial charge in [-0.2, -0.15) is 4.57 Å². The molecule has 2 heterocycles. The molecule has 3 aromatic carbocycles. The van der Waals surface area contributed by atoms with Crippen LogP contribution in [0.25, 0.3) is 32.9 Å². The van der Waals surface area contributed by atoms with Gasteiger partial charge in [-0.25, -0.2) is 0 Å². The number of hydrogen-bond donors (Lipinski definition) is 1. The zero-order chi connectivity index (χ0) is 31.2. The van der Waals surface area contributed by atoms with Crippen molar-refractivity contribution in [2.24, 2.45) is 11.3 Å². The molecule has 0 radical (unpaired) electrons. The molecule has 3 atom stereocenters. The van der Waals surface area contributed by atoms with E-state index in [0.717, 1.165) is 12.0 Å². The number of fused-ring (bicyclic) bond motifs is 10. The molecule has 3 nitrogen and oxygen atoms in total. The molecule has 3 unspecified atom stereocenters. The Morgan fingerprint density at radius 1 is 0.955 bits per heavy atom. The molecule has 2 aliphatic carbocycles. The molecule has 1 aromatic heterocycles. The van der Waals surface area contributed by atoms with Crippen LogP contribution in [-0.4, -0.2) is 25.4 Å². The van der Waals surface area contributed by atoms with Crippen molar-refractivity contribution in [2.75, 3.05) is 20.3 Å². The van der Waals surface area contributed by atoms with E-state index in [2.05, 4.69) is 114 Å². The van der Waals surface area contributed by atoms with E-state index in [1.807, 2.05) is 7.11 Å². The van der Waals surface area contributed by atoms with Gasteiger partial charge in [-0.05, 0) is 88.6 Å². The first-order chi connectivity index (χ1) is 20.9. The molecule has 1 saturated carbocycles. The van der Waals surface area contributed by atoms with Crippen LogP contribution in [0.15, 0.2) is 66.2 Å². The lowest BCUT2D eigenvalue weighted by Gasteiger charge is -2.47. The third-order valence-electron chi connectivity index (χ3n) is 12.2. The van der Waals surface area contributed by atoms with E-state index in [1.54, 1.807) is 0 Å². The number of aliphatic hydroxyl groups excluding tert-OH is 1. The summed E-state index contributed by atoms with van der Waals surface area (Å²) in [6.45, 7) is 17.3. The summed E-state index contributed by atoms with van der Waals surface area (Å²) in [4.78, 5) is 0. The van der Waals surface area contributed by atoms with Gasteiger partial charge >= 0.3 is 0 Å². The number of aryl methyl sites for hydroxylation is 1. The van der Waals surface area contributed by atoms with E-state index in [0.29, 0.717) is 12.0 Å². The summed E-state index contributed by atoms with van der Waals surface area (Å²) in [6.07, 6.45) is 8.72. The Balaban J connectivity index is 1.69. The van der Waals surface area contributed by atoms with Gasteiger partial charge in [0.15, 0.2) is 5.54 Å². The van der Waals surface area contributed by atoms with Crippen molar-refractivity contribution in [3.8, 4) is 11.3 Å². The molecule has 0 bridgehead atoms. The highest BCUT2D eigenvalue weighted by Gasteiger charge is 2.67. The normalized spacial score (nSPS) is 25.7. The Hall–Kier alpha value is -3.01. The largest absolute Gasteiger partial charge is 0.392 e. The Bertz CT molecular complexity index is 1840. The molecule has 1 N–H and O–H groups in total. The highest BCUT2D eigenvalue weighted by molar-refractivity contribution is 5.98. The van der Waals surface area contributed by atoms with E-state index in [-0.39, 0.29) is 17.9 Å². The van der Waals surface area contributed by atoms with Crippen molar-refractivity contribution in [2.45, 2.75) is 96.9 Å². The summed E-state index contributed by atoms with van der Waals surface area (Å²) in [7, 11) is 1.81. The third-order valence-corrected chi connectivity index (χ3v) is 12.2. The number of aromatic nitrogens is 1. The number of pyridine rings is 1. The minimum absolute atomic E-state index is 0.0291. The molecule has 0 saturated heterocycles.